The van der Waals surface area contributed by atoms with Gasteiger partial charge in [0.05, 0.1) is 12.7 Å². The van der Waals surface area contributed by atoms with E-state index < -0.39 is 6.10 Å². The first kappa shape index (κ1) is 16.4. The van der Waals surface area contributed by atoms with Crippen LogP contribution in [-0.4, -0.2) is 50.5 Å². The third kappa shape index (κ3) is 6.89. The minimum absolute atomic E-state index is 0.0550. The molecule has 1 fully saturated rings. The van der Waals surface area contributed by atoms with E-state index in [-0.39, 0.29) is 18.1 Å². The van der Waals surface area contributed by atoms with Crippen molar-refractivity contribution in [3.63, 3.8) is 0 Å². The van der Waals surface area contributed by atoms with E-state index in [4.69, 9.17) is 9.47 Å². The molecule has 0 radical (unpaired) electrons. The van der Waals surface area contributed by atoms with Crippen molar-refractivity contribution in [1.29, 1.82) is 0 Å². The van der Waals surface area contributed by atoms with Crippen LogP contribution in [-0.2, 0) is 14.3 Å². The molecule has 1 aliphatic rings. The summed E-state index contributed by atoms with van der Waals surface area (Å²) in [7, 11) is 0. The topological polar surface area (TPSA) is 59.6 Å². The minimum atomic E-state index is -0.417. The highest BCUT2D eigenvalue weighted by Gasteiger charge is 2.18. The third-order valence-electron chi connectivity index (χ3n) is 3.31. The smallest absolute Gasteiger partial charge is 0.248 e. The van der Waals surface area contributed by atoms with E-state index in [9.17, 15) is 4.79 Å². The molecular weight excluding hydrogens is 244 g/mol. The summed E-state index contributed by atoms with van der Waals surface area (Å²) in [6.45, 7) is 8.74. The molecule has 1 heterocycles. The van der Waals surface area contributed by atoms with Crippen molar-refractivity contribution in [2.24, 2.45) is 0 Å². The van der Waals surface area contributed by atoms with E-state index in [1.54, 1.807) is 6.92 Å². The predicted octanol–water partition coefficient (Wildman–Crippen LogP) is 1.07. The molecule has 3 atom stereocenters. The largest absolute Gasteiger partial charge is 0.376 e. The monoisotopic (exact) mass is 272 g/mol. The van der Waals surface area contributed by atoms with Crippen molar-refractivity contribution in [2.75, 3.05) is 26.3 Å². The highest BCUT2D eigenvalue weighted by molar-refractivity contribution is 5.80. The number of amides is 1. The number of nitrogens with one attached hydrogen (secondary N) is 2. The van der Waals surface area contributed by atoms with Crippen molar-refractivity contribution >= 4 is 5.91 Å². The van der Waals surface area contributed by atoms with E-state index in [1.807, 2.05) is 13.8 Å². The normalized spacial score (nSPS) is 22.8. The molecule has 1 aliphatic heterocycles. The molecule has 0 saturated carbocycles. The second kappa shape index (κ2) is 9.28. The zero-order valence-corrected chi connectivity index (χ0v) is 12.4. The van der Waals surface area contributed by atoms with Crippen LogP contribution < -0.4 is 10.6 Å². The van der Waals surface area contributed by atoms with Gasteiger partial charge in [0.15, 0.2) is 0 Å². The van der Waals surface area contributed by atoms with Crippen molar-refractivity contribution in [1.82, 2.24) is 10.6 Å². The van der Waals surface area contributed by atoms with E-state index in [2.05, 4.69) is 10.6 Å². The van der Waals surface area contributed by atoms with Gasteiger partial charge in [-0.15, -0.1) is 0 Å². The van der Waals surface area contributed by atoms with E-state index >= 15 is 0 Å². The SMILES string of the molecule is CCN[C@H](C)CNC(=O)C(C)OCC1CCCCO1. The molecule has 0 bridgehead atoms. The van der Waals surface area contributed by atoms with Crippen molar-refractivity contribution < 1.29 is 14.3 Å². The average Bonchev–Trinajstić information content (AvgIpc) is 2.43. The quantitative estimate of drug-likeness (QED) is 0.694. The molecule has 0 aromatic carbocycles. The molecule has 0 aromatic heterocycles. The molecule has 0 aliphatic carbocycles. The summed E-state index contributed by atoms with van der Waals surface area (Å²) in [6.07, 6.45) is 3.10. The molecule has 1 saturated heterocycles. The molecule has 1 amide bonds. The van der Waals surface area contributed by atoms with Crippen LogP contribution in [0.25, 0.3) is 0 Å². The van der Waals surface area contributed by atoms with Gasteiger partial charge in [0.25, 0.3) is 0 Å². The van der Waals surface area contributed by atoms with Crippen LogP contribution in [0.4, 0.5) is 0 Å². The first-order valence-corrected chi connectivity index (χ1v) is 7.37. The molecule has 2 N–H and O–H groups in total. The lowest BCUT2D eigenvalue weighted by molar-refractivity contribution is -0.135. The van der Waals surface area contributed by atoms with Gasteiger partial charge in [0.1, 0.15) is 6.10 Å². The minimum Gasteiger partial charge on any atom is -0.376 e. The lowest BCUT2D eigenvalue weighted by Gasteiger charge is -2.24. The van der Waals surface area contributed by atoms with E-state index in [0.29, 0.717) is 13.2 Å². The summed E-state index contributed by atoms with van der Waals surface area (Å²) in [5.41, 5.74) is 0. The molecule has 112 valence electrons. The number of rotatable bonds is 8. The Morgan fingerprint density at radius 3 is 2.84 bits per heavy atom. The Kier molecular flexibility index (Phi) is 8.02. The number of carbonyl (C=O) groups is 1. The van der Waals surface area contributed by atoms with Crippen LogP contribution in [0.5, 0.6) is 0 Å². The highest BCUT2D eigenvalue weighted by Crippen LogP contribution is 2.13. The molecule has 19 heavy (non-hydrogen) atoms. The zero-order chi connectivity index (χ0) is 14.1. The maximum Gasteiger partial charge on any atom is 0.248 e. The Labute approximate surface area is 116 Å². The van der Waals surface area contributed by atoms with Gasteiger partial charge in [0.2, 0.25) is 5.91 Å². The summed E-state index contributed by atoms with van der Waals surface area (Å²) < 4.78 is 11.1. The Hall–Kier alpha value is -0.650. The van der Waals surface area contributed by atoms with Gasteiger partial charge in [-0.2, -0.15) is 0 Å². The molecular formula is C14H28N2O3. The summed E-state index contributed by atoms with van der Waals surface area (Å²) in [5, 5.41) is 6.14. The maximum absolute atomic E-state index is 11.8. The Morgan fingerprint density at radius 2 is 2.21 bits per heavy atom. The van der Waals surface area contributed by atoms with Crippen LogP contribution in [0.15, 0.2) is 0 Å². The summed E-state index contributed by atoms with van der Waals surface area (Å²) in [5.74, 6) is -0.0550. The fourth-order valence-electron chi connectivity index (χ4n) is 2.08. The van der Waals surface area contributed by atoms with Crippen LogP contribution in [0.3, 0.4) is 0 Å². The molecule has 0 aromatic rings. The van der Waals surface area contributed by atoms with Gasteiger partial charge in [-0.1, -0.05) is 6.92 Å². The number of ether oxygens (including phenoxy) is 2. The van der Waals surface area contributed by atoms with Crippen LogP contribution in [0, 0.1) is 0 Å². The van der Waals surface area contributed by atoms with Gasteiger partial charge < -0.3 is 20.1 Å². The predicted molar refractivity (Wildman–Crippen MR) is 75.2 cm³/mol. The maximum atomic E-state index is 11.8. The lowest BCUT2D eigenvalue weighted by Crippen LogP contribution is -2.43. The van der Waals surface area contributed by atoms with Gasteiger partial charge >= 0.3 is 0 Å². The standard InChI is InChI=1S/C14H28N2O3/c1-4-15-11(2)9-16-14(17)12(3)19-10-13-7-5-6-8-18-13/h11-13,15H,4-10H2,1-3H3,(H,16,17)/t11-,12?,13?/m1/s1. The number of likely N-dealkylation sites (N-methyl/N-ethyl adjacent to an activating group) is 1. The van der Waals surface area contributed by atoms with Gasteiger partial charge in [0, 0.05) is 19.2 Å². The zero-order valence-electron chi connectivity index (χ0n) is 12.4. The van der Waals surface area contributed by atoms with Crippen molar-refractivity contribution in [2.45, 2.75) is 58.3 Å². The van der Waals surface area contributed by atoms with Gasteiger partial charge in [-0.05, 0) is 39.7 Å². The Balaban J connectivity index is 2.13. The summed E-state index contributed by atoms with van der Waals surface area (Å²) >= 11 is 0. The highest BCUT2D eigenvalue weighted by atomic mass is 16.5. The Bertz CT molecular complexity index is 255. The van der Waals surface area contributed by atoms with E-state index in [0.717, 1.165) is 26.0 Å². The van der Waals surface area contributed by atoms with Crippen LogP contribution in [0.1, 0.15) is 40.0 Å². The fraction of sp³-hybridized carbons (Fsp3) is 0.929. The molecule has 5 nitrogen and oxygen atoms in total. The lowest BCUT2D eigenvalue weighted by atomic mass is 10.1. The number of hydrogen-bond acceptors (Lipinski definition) is 4. The Morgan fingerprint density at radius 1 is 1.42 bits per heavy atom. The second-order valence-corrected chi connectivity index (χ2v) is 5.17. The van der Waals surface area contributed by atoms with Gasteiger partial charge in [-0.3, -0.25) is 4.79 Å². The first-order valence-electron chi connectivity index (χ1n) is 7.37. The summed E-state index contributed by atoms with van der Waals surface area (Å²) in [6, 6.07) is 0.280. The van der Waals surface area contributed by atoms with Gasteiger partial charge in [-0.25, -0.2) is 0 Å². The van der Waals surface area contributed by atoms with Crippen molar-refractivity contribution in [3.8, 4) is 0 Å². The molecule has 5 heteroatoms. The second-order valence-electron chi connectivity index (χ2n) is 5.17. The first-order chi connectivity index (χ1) is 9.13. The molecule has 0 spiro atoms. The van der Waals surface area contributed by atoms with Crippen molar-refractivity contribution in [3.05, 3.63) is 0 Å². The molecule has 1 rings (SSSR count). The van der Waals surface area contributed by atoms with Crippen LogP contribution in [0.2, 0.25) is 0 Å². The van der Waals surface area contributed by atoms with Crippen LogP contribution >= 0.6 is 0 Å². The molecule has 2 unspecified atom stereocenters. The van der Waals surface area contributed by atoms with E-state index in [1.165, 1.54) is 6.42 Å². The third-order valence-corrected chi connectivity index (χ3v) is 3.31. The number of carbonyl (C=O) groups excluding carboxylic acids is 1. The average molecular weight is 272 g/mol. The fourth-order valence-corrected chi connectivity index (χ4v) is 2.08. The summed E-state index contributed by atoms with van der Waals surface area (Å²) in [4.78, 5) is 11.8. The number of hydrogen-bond donors (Lipinski definition) is 2.